The Morgan fingerprint density at radius 2 is 1.75 bits per heavy atom. The second-order valence-electron chi connectivity index (χ2n) is 6.71. The second-order valence-corrected chi connectivity index (χ2v) is 6.71. The maximum atomic E-state index is 6.32. The summed E-state index contributed by atoms with van der Waals surface area (Å²) in [6.07, 6.45) is 4.84. The maximum Gasteiger partial charge on any atom is 0.127 e. The Balaban J connectivity index is 1.62. The molecule has 0 aromatic heterocycles. The minimum Gasteiger partial charge on any atom is -0.457 e. The van der Waals surface area contributed by atoms with Crippen molar-refractivity contribution in [3.63, 3.8) is 0 Å². The molecule has 2 N–H and O–H groups in total. The van der Waals surface area contributed by atoms with E-state index < -0.39 is 0 Å². The van der Waals surface area contributed by atoms with Gasteiger partial charge in [0.05, 0.1) is 0 Å². The van der Waals surface area contributed by atoms with E-state index >= 15 is 0 Å². The SMILES string of the molecule is CCCCC1CN(c2ccc(Oc3ccccc3)cc2)CCC1N. The number of hydrogen-bond acceptors (Lipinski definition) is 3. The van der Waals surface area contributed by atoms with Crippen LogP contribution in [-0.2, 0) is 0 Å². The van der Waals surface area contributed by atoms with Crippen molar-refractivity contribution >= 4 is 5.69 Å². The van der Waals surface area contributed by atoms with Gasteiger partial charge in [0.2, 0.25) is 0 Å². The molecule has 0 saturated carbocycles. The summed E-state index contributed by atoms with van der Waals surface area (Å²) in [5, 5.41) is 0. The summed E-state index contributed by atoms with van der Waals surface area (Å²) in [6, 6.07) is 18.7. The number of anilines is 1. The molecule has 0 bridgehead atoms. The number of rotatable bonds is 6. The first-order valence-corrected chi connectivity index (χ1v) is 9.09. The van der Waals surface area contributed by atoms with Crippen LogP contribution in [0.15, 0.2) is 54.6 Å². The van der Waals surface area contributed by atoms with Gasteiger partial charge in [0.1, 0.15) is 11.5 Å². The predicted octanol–water partition coefficient (Wildman–Crippen LogP) is 4.82. The normalized spacial score (nSPS) is 20.8. The van der Waals surface area contributed by atoms with E-state index in [4.69, 9.17) is 10.5 Å². The predicted molar refractivity (Wildman–Crippen MR) is 101 cm³/mol. The summed E-state index contributed by atoms with van der Waals surface area (Å²) >= 11 is 0. The summed E-state index contributed by atoms with van der Waals surface area (Å²) in [4.78, 5) is 2.47. The Hall–Kier alpha value is -2.00. The van der Waals surface area contributed by atoms with Crippen LogP contribution in [0, 0.1) is 5.92 Å². The zero-order valence-electron chi connectivity index (χ0n) is 14.5. The van der Waals surface area contributed by atoms with E-state index in [9.17, 15) is 0 Å². The fourth-order valence-corrected chi connectivity index (χ4v) is 3.41. The minimum absolute atomic E-state index is 0.355. The average Bonchev–Trinajstić information content (AvgIpc) is 2.63. The smallest absolute Gasteiger partial charge is 0.127 e. The van der Waals surface area contributed by atoms with E-state index in [1.165, 1.54) is 24.9 Å². The van der Waals surface area contributed by atoms with Crippen molar-refractivity contribution in [2.45, 2.75) is 38.6 Å². The number of nitrogens with zero attached hydrogens (tertiary/aromatic N) is 1. The molecule has 0 radical (unpaired) electrons. The Morgan fingerprint density at radius 1 is 1.04 bits per heavy atom. The van der Waals surface area contributed by atoms with Crippen LogP contribution in [-0.4, -0.2) is 19.1 Å². The quantitative estimate of drug-likeness (QED) is 0.827. The topological polar surface area (TPSA) is 38.5 Å². The van der Waals surface area contributed by atoms with Crippen molar-refractivity contribution in [3.8, 4) is 11.5 Å². The molecule has 1 saturated heterocycles. The van der Waals surface area contributed by atoms with E-state index in [1.54, 1.807) is 0 Å². The monoisotopic (exact) mass is 324 g/mol. The molecule has 24 heavy (non-hydrogen) atoms. The Bertz CT molecular complexity index is 611. The van der Waals surface area contributed by atoms with Gasteiger partial charge in [-0.2, -0.15) is 0 Å². The van der Waals surface area contributed by atoms with Gasteiger partial charge in [-0.3, -0.25) is 0 Å². The molecule has 2 unspecified atom stereocenters. The third kappa shape index (κ3) is 4.30. The van der Waals surface area contributed by atoms with E-state index in [0.717, 1.165) is 31.0 Å². The van der Waals surface area contributed by atoms with Crippen molar-refractivity contribution in [1.29, 1.82) is 0 Å². The van der Waals surface area contributed by atoms with Crippen LogP contribution in [0.4, 0.5) is 5.69 Å². The lowest BCUT2D eigenvalue weighted by Crippen LogP contribution is -2.47. The van der Waals surface area contributed by atoms with Crippen molar-refractivity contribution in [3.05, 3.63) is 54.6 Å². The molecular weight excluding hydrogens is 296 g/mol. The first-order chi connectivity index (χ1) is 11.8. The van der Waals surface area contributed by atoms with Crippen LogP contribution < -0.4 is 15.4 Å². The molecular formula is C21H28N2O. The molecule has 3 rings (SSSR count). The van der Waals surface area contributed by atoms with Crippen LogP contribution in [0.3, 0.4) is 0 Å². The molecule has 1 aliphatic rings. The molecule has 0 amide bonds. The Kier molecular flexibility index (Phi) is 5.76. The number of piperidine rings is 1. The molecule has 2 aromatic carbocycles. The van der Waals surface area contributed by atoms with Crippen molar-refractivity contribution in [1.82, 2.24) is 0 Å². The summed E-state index contributed by atoms with van der Waals surface area (Å²) in [5.41, 5.74) is 7.59. The lowest BCUT2D eigenvalue weighted by molar-refractivity contribution is 0.330. The Labute approximate surface area is 145 Å². The zero-order valence-corrected chi connectivity index (χ0v) is 14.5. The summed E-state index contributed by atoms with van der Waals surface area (Å²) in [5.74, 6) is 2.36. The number of benzene rings is 2. The van der Waals surface area contributed by atoms with Crippen molar-refractivity contribution < 1.29 is 4.74 Å². The molecule has 1 fully saturated rings. The molecule has 2 atom stereocenters. The van der Waals surface area contributed by atoms with Crippen molar-refractivity contribution in [2.75, 3.05) is 18.0 Å². The maximum absolute atomic E-state index is 6.32. The Morgan fingerprint density at radius 3 is 2.46 bits per heavy atom. The lowest BCUT2D eigenvalue weighted by Gasteiger charge is -2.38. The zero-order chi connectivity index (χ0) is 16.8. The largest absolute Gasteiger partial charge is 0.457 e. The molecule has 2 aromatic rings. The van der Waals surface area contributed by atoms with Gasteiger partial charge in [0.15, 0.2) is 0 Å². The van der Waals surface area contributed by atoms with E-state index in [0.29, 0.717) is 12.0 Å². The number of unbranched alkanes of at least 4 members (excludes halogenated alkanes) is 1. The molecule has 1 aliphatic heterocycles. The van der Waals surface area contributed by atoms with E-state index in [2.05, 4.69) is 36.1 Å². The van der Waals surface area contributed by atoms with E-state index in [1.807, 2.05) is 30.3 Å². The van der Waals surface area contributed by atoms with Crippen LogP contribution >= 0.6 is 0 Å². The minimum atomic E-state index is 0.355. The van der Waals surface area contributed by atoms with Gasteiger partial charge < -0.3 is 15.4 Å². The second kappa shape index (κ2) is 8.20. The molecule has 128 valence electrons. The first-order valence-electron chi connectivity index (χ1n) is 9.09. The van der Waals surface area contributed by atoms with Gasteiger partial charge in [-0.25, -0.2) is 0 Å². The van der Waals surface area contributed by atoms with Gasteiger partial charge in [-0.15, -0.1) is 0 Å². The van der Waals surface area contributed by atoms with Gasteiger partial charge in [-0.05, 0) is 55.2 Å². The standard InChI is InChI=1S/C21H28N2O/c1-2-3-7-17-16-23(15-14-21(17)22)18-10-12-20(13-11-18)24-19-8-5-4-6-9-19/h4-6,8-13,17,21H,2-3,7,14-16,22H2,1H3. The third-order valence-electron chi connectivity index (χ3n) is 4.90. The first kappa shape index (κ1) is 16.8. The average molecular weight is 324 g/mol. The van der Waals surface area contributed by atoms with E-state index in [-0.39, 0.29) is 0 Å². The van der Waals surface area contributed by atoms with Gasteiger partial charge in [0.25, 0.3) is 0 Å². The highest BCUT2D eigenvalue weighted by Crippen LogP contribution is 2.28. The molecule has 3 nitrogen and oxygen atoms in total. The van der Waals surface area contributed by atoms with Gasteiger partial charge >= 0.3 is 0 Å². The number of para-hydroxylation sites is 1. The lowest BCUT2D eigenvalue weighted by atomic mass is 9.88. The molecule has 3 heteroatoms. The van der Waals surface area contributed by atoms with Crippen molar-refractivity contribution in [2.24, 2.45) is 11.7 Å². The molecule has 1 heterocycles. The van der Waals surface area contributed by atoms with Gasteiger partial charge in [-0.1, -0.05) is 38.0 Å². The molecule has 0 spiro atoms. The van der Waals surface area contributed by atoms with Crippen LogP contribution in [0.5, 0.6) is 11.5 Å². The van der Waals surface area contributed by atoms with Crippen LogP contribution in [0.1, 0.15) is 32.6 Å². The molecule has 0 aliphatic carbocycles. The highest BCUT2D eigenvalue weighted by atomic mass is 16.5. The number of ether oxygens (including phenoxy) is 1. The summed E-state index contributed by atoms with van der Waals surface area (Å²) in [6.45, 7) is 4.36. The number of hydrogen-bond donors (Lipinski definition) is 1. The van der Waals surface area contributed by atoms with Gasteiger partial charge in [0, 0.05) is 24.8 Å². The highest BCUT2D eigenvalue weighted by Gasteiger charge is 2.26. The fraction of sp³-hybridized carbons (Fsp3) is 0.429. The summed E-state index contributed by atoms with van der Waals surface area (Å²) in [7, 11) is 0. The number of nitrogens with two attached hydrogens (primary N) is 1. The van der Waals surface area contributed by atoms with Crippen LogP contribution in [0.2, 0.25) is 0 Å². The highest BCUT2D eigenvalue weighted by molar-refractivity contribution is 5.50. The summed E-state index contributed by atoms with van der Waals surface area (Å²) < 4.78 is 5.87. The van der Waals surface area contributed by atoms with Crippen LogP contribution in [0.25, 0.3) is 0 Å². The third-order valence-corrected chi connectivity index (χ3v) is 4.90. The fourth-order valence-electron chi connectivity index (χ4n) is 3.41.